The first-order chi connectivity index (χ1) is 6.26. The van der Waals surface area contributed by atoms with Gasteiger partial charge >= 0.3 is 0 Å². The molecule has 0 heterocycles. The molecule has 1 nitrogen and oxygen atoms in total. The van der Waals surface area contributed by atoms with Gasteiger partial charge in [0, 0.05) is 12.3 Å². The Kier molecular flexibility index (Phi) is 8.07. The van der Waals surface area contributed by atoms with Gasteiger partial charge in [-0.2, -0.15) is 0 Å². The van der Waals surface area contributed by atoms with E-state index >= 15 is 0 Å². The SMILES string of the molecule is CCCCCC(CCC)C(=O)CC. The Hall–Kier alpha value is -0.330. The lowest BCUT2D eigenvalue weighted by atomic mass is 9.91. The maximum Gasteiger partial charge on any atom is 0.135 e. The van der Waals surface area contributed by atoms with Crippen molar-refractivity contribution in [3.8, 4) is 0 Å². The van der Waals surface area contributed by atoms with Crippen LogP contribution in [0.5, 0.6) is 0 Å². The van der Waals surface area contributed by atoms with E-state index in [4.69, 9.17) is 0 Å². The summed E-state index contributed by atoms with van der Waals surface area (Å²) in [5.41, 5.74) is 0. The van der Waals surface area contributed by atoms with E-state index in [0.717, 1.165) is 25.7 Å². The Balaban J connectivity index is 3.73. The van der Waals surface area contributed by atoms with E-state index in [2.05, 4.69) is 13.8 Å². The maximum absolute atomic E-state index is 11.5. The van der Waals surface area contributed by atoms with Crippen molar-refractivity contribution in [1.82, 2.24) is 0 Å². The first-order valence-electron chi connectivity index (χ1n) is 5.78. The number of hydrogen-bond donors (Lipinski definition) is 0. The van der Waals surface area contributed by atoms with Crippen molar-refractivity contribution >= 4 is 5.78 Å². The highest BCUT2D eigenvalue weighted by Gasteiger charge is 2.14. The summed E-state index contributed by atoms with van der Waals surface area (Å²) in [6.45, 7) is 6.34. The summed E-state index contributed by atoms with van der Waals surface area (Å²) < 4.78 is 0. The zero-order valence-electron chi connectivity index (χ0n) is 9.44. The molecule has 0 aromatic heterocycles. The summed E-state index contributed by atoms with van der Waals surface area (Å²) >= 11 is 0. The minimum absolute atomic E-state index is 0.363. The highest BCUT2D eigenvalue weighted by Crippen LogP contribution is 2.17. The molecular formula is C12H24O. The molecule has 0 N–H and O–H groups in total. The Morgan fingerprint density at radius 2 is 1.69 bits per heavy atom. The molecule has 0 radical (unpaired) electrons. The number of carbonyl (C=O) groups excluding carboxylic acids is 1. The second-order valence-corrected chi connectivity index (χ2v) is 3.80. The quantitative estimate of drug-likeness (QED) is 0.522. The molecule has 0 saturated heterocycles. The Bertz CT molecular complexity index is 129. The van der Waals surface area contributed by atoms with Crippen molar-refractivity contribution in [2.75, 3.05) is 0 Å². The zero-order chi connectivity index (χ0) is 10.1. The fraction of sp³-hybridized carbons (Fsp3) is 0.917. The van der Waals surface area contributed by atoms with Crippen molar-refractivity contribution in [1.29, 1.82) is 0 Å². The van der Waals surface area contributed by atoms with E-state index in [9.17, 15) is 4.79 Å². The Morgan fingerprint density at radius 1 is 1.00 bits per heavy atom. The van der Waals surface area contributed by atoms with Gasteiger partial charge in [0.1, 0.15) is 5.78 Å². The molecule has 0 aromatic rings. The first-order valence-corrected chi connectivity index (χ1v) is 5.78. The van der Waals surface area contributed by atoms with Crippen LogP contribution < -0.4 is 0 Å². The molecule has 1 unspecified atom stereocenters. The third-order valence-electron chi connectivity index (χ3n) is 2.60. The summed E-state index contributed by atoms with van der Waals surface area (Å²) in [6.07, 6.45) is 7.83. The molecule has 0 amide bonds. The summed E-state index contributed by atoms with van der Waals surface area (Å²) in [4.78, 5) is 11.5. The molecule has 0 fully saturated rings. The molecule has 78 valence electrons. The summed E-state index contributed by atoms with van der Waals surface area (Å²) in [5, 5.41) is 0. The Labute approximate surface area is 82.9 Å². The summed E-state index contributed by atoms with van der Waals surface area (Å²) in [5.74, 6) is 0.833. The van der Waals surface area contributed by atoms with Crippen LogP contribution in [0.2, 0.25) is 0 Å². The van der Waals surface area contributed by atoms with Crippen molar-refractivity contribution in [2.24, 2.45) is 5.92 Å². The number of Topliss-reactive ketones (excluding diaryl/α,β-unsaturated/α-hetero) is 1. The molecule has 0 spiro atoms. The molecule has 0 aliphatic rings. The highest BCUT2D eigenvalue weighted by molar-refractivity contribution is 5.80. The summed E-state index contributed by atoms with van der Waals surface area (Å²) in [6, 6.07) is 0. The standard InChI is InChI=1S/C12H24O/c1-4-7-8-10-11(9-5-2)12(13)6-3/h11H,4-10H2,1-3H3. The summed E-state index contributed by atoms with van der Waals surface area (Å²) in [7, 11) is 0. The fourth-order valence-electron chi connectivity index (χ4n) is 1.74. The van der Waals surface area contributed by atoms with Crippen molar-refractivity contribution in [3.63, 3.8) is 0 Å². The van der Waals surface area contributed by atoms with Gasteiger partial charge in [0.15, 0.2) is 0 Å². The second kappa shape index (κ2) is 8.28. The van der Waals surface area contributed by atoms with Crippen LogP contribution in [0.25, 0.3) is 0 Å². The predicted molar refractivity (Wildman–Crippen MR) is 57.8 cm³/mol. The van der Waals surface area contributed by atoms with E-state index in [-0.39, 0.29) is 0 Å². The van der Waals surface area contributed by atoms with Crippen LogP contribution in [0.3, 0.4) is 0 Å². The van der Waals surface area contributed by atoms with Gasteiger partial charge in [-0.25, -0.2) is 0 Å². The van der Waals surface area contributed by atoms with E-state index in [0.29, 0.717) is 11.7 Å². The van der Waals surface area contributed by atoms with E-state index in [1.54, 1.807) is 0 Å². The third kappa shape index (κ3) is 5.84. The molecule has 0 rings (SSSR count). The van der Waals surface area contributed by atoms with Gasteiger partial charge in [0.25, 0.3) is 0 Å². The van der Waals surface area contributed by atoms with E-state index in [1.165, 1.54) is 19.3 Å². The molecule has 0 aliphatic heterocycles. The lowest BCUT2D eigenvalue weighted by molar-refractivity contribution is -0.123. The predicted octanol–water partition coefficient (Wildman–Crippen LogP) is 3.96. The monoisotopic (exact) mass is 184 g/mol. The minimum atomic E-state index is 0.363. The smallest absolute Gasteiger partial charge is 0.135 e. The van der Waals surface area contributed by atoms with Gasteiger partial charge in [-0.05, 0) is 12.8 Å². The number of ketones is 1. The van der Waals surface area contributed by atoms with Crippen LogP contribution in [0.4, 0.5) is 0 Å². The van der Waals surface area contributed by atoms with Gasteiger partial charge in [-0.3, -0.25) is 4.79 Å². The van der Waals surface area contributed by atoms with Crippen LogP contribution >= 0.6 is 0 Å². The first kappa shape index (κ1) is 12.7. The molecule has 0 bridgehead atoms. The fourth-order valence-corrected chi connectivity index (χ4v) is 1.74. The van der Waals surface area contributed by atoms with E-state index in [1.807, 2.05) is 6.92 Å². The van der Waals surface area contributed by atoms with Crippen molar-refractivity contribution < 1.29 is 4.79 Å². The number of rotatable bonds is 8. The lowest BCUT2D eigenvalue weighted by Gasteiger charge is -2.13. The zero-order valence-corrected chi connectivity index (χ0v) is 9.44. The maximum atomic E-state index is 11.5. The normalized spacial score (nSPS) is 12.8. The third-order valence-corrected chi connectivity index (χ3v) is 2.60. The van der Waals surface area contributed by atoms with Crippen LogP contribution in [0, 0.1) is 5.92 Å². The molecule has 0 aliphatic carbocycles. The van der Waals surface area contributed by atoms with Gasteiger partial charge < -0.3 is 0 Å². The second-order valence-electron chi connectivity index (χ2n) is 3.80. The van der Waals surface area contributed by atoms with Crippen LogP contribution in [-0.4, -0.2) is 5.78 Å². The molecule has 13 heavy (non-hydrogen) atoms. The van der Waals surface area contributed by atoms with E-state index < -0.39 is 0 Å². The molecular weight excluding hydrogens is 160 g/mol. The molecule has 1 heteroatoms. The average Bonchev–Trinajstić information content (AvgIpc) is 2.16. The van der Waals surface area contributed by atoms with Gasteiger partial charge in [-0.1, -0.05) is 46.5 Å². The number of unbranched alkanes of at least 4 members (excludes halogenated alkanes) is 2. The number of hydrogen-bond acceptors (Lipinski definition) is 1. The van der Waals surface area contributed by atoms with Gasteiger partial charge in [-0.15, -0.1) is 0 Å². The largest absolute Gasteiger partial charge is 0.299 e. The van der Waals surface area contributed by atoms with Gasteiger partial charge in [0.05, 0.1) is 0 Å². The van der Waals surface area contributed by atoms with Crippen LogP contribution in [0.1, 0.15) is 65.7 Å². The number of carbonyl (C=O) groups is 1. The highest BCUT2D eigenvalue weighted by atomic mass is 16.1. The molecule has 1 atom stereocenters. The molecule has 0 saturated carbocycles. The van der Waals surface area contributed by atoms with Crippen LogP contribution in [-0.2, 0) is 4.79 Å². The molecule has 0 aromatic carbocycles. The van der Waals surface area contributed by atoms with Gasteiger partial charge in [0.2, 0.25) is 0 Å². The Morgan fingerprint density at radius 3 is 2.15 bits per heavy atom. The van der Waals surface area contributed by atoms with Crippen molar-refractivity contribution in [2.45, 2.75) is 65.7 Å². The lowest BCUT2D eigenvalue weighted by Crippen LogP contribution is -2.13. The average molecular weight is 184 g/mol. The topological polar surface area (TPSA) is 17.1 Å². The minimum Gasteiger partial charge on any atom is -0.299 e. The van der Waals surface area contributed by atoms with Crippen molar-refractivity contribution in [3.05, 3.63) is 0 Å². The van der Waals surface area contributed by atoms with Crippen LogP contribution in [0.15, 0.2) is 0 Å².